The fourth-order valence-electron chi connectivity index (χ4n) is 2.44. The molecule has 2 N–H and O–H groups in total. The van der Waals surface area contributed by atoms with Crippen LogP contribution in [0.4, 0.5) is 0 Å². The zero-order valence-corrected chi connectivity index (χ0v) is 12.2. The maximum absolute atomic E-state index is 6.40. The molecule has 3 rings (SSSR count). The van der Waals surface area contributed by atoms with Gasteiger partial charge in [-0.2, -0.15) is 0 Å². The minimum Gasteiger partial charge on any atom is -0.320 e. The van der Waals surface area contributed by atoms with Crippen LogP contribution in [0.1, 0.15) is 17.2 Å². The Morgan fingerprint density at radius 3 is 2.30 bits per heavy atom. The van der Waals surface area contributed by atoms with Gasteiger partial charge < -0.3 is 5.73 Å². The number of rotatable bonds is 2. The van der Waals surface area contributed by atoms with Crippen LogP contribution in [0.2, 0.25) is 10.0 Å². The molecule has 0 fully saturated rings. The lowest BCUT2D eigenvalue weighted by Crippen LogP contribution is -2.12. The average molecular weight is 302 g/mol. The van der Waals surface area contributed by atoms with Crippen LogP contribution in [-0.2, 0) is 0 Å². The Labute approximate surface area is 127 Å². The van der Waals surface area contributed by atoms with Crippen LogP contribution >= 0.6 is 23.2 Å². The van der Waals surface area contributed by atoms with Crippen molar-refractivity contribution in [3.05, 3.63) is 81.8 Å². The van der Waals surface area contributed by atoms with Crippen molar-refractivity contribution in [1.29, 1.82) is 0 Å². The topological polar surface area (TPSA) is 26.0 Å². The molecule has 1 atom stereocenters. The van der Waals surface area contributed by atoms with E-state index in [1.54, 1.807) is 0 Å². The number of hydrogen-bond donors (Lipinski definition) is 1. The summed E-state index contributed by atoms with van der Waals surface area (Å²) in [7, 11) is 0. The summed E-state index contributed by atoms with van der Waals surface area (Å²) in [6.07, 6.45) is 0. The van der Waals surface area contributed by atoms with Gasteiger partial charge in [-0.25, -0.2) is 0 Å². The van der Waals surface area contributed by atoms with E-state index in [0.717, 1.165) is 26.9 Å². The minimum atomic E-state index is -0.226. The first-order valence-electron chi connectivity index (χ1n) is 6.35. The van der Waals surface area contributed by atoms with Crippen molar-refractivity contribution in [2.24, 2.45) is 5.73 Å². The molecule has 0 saturated carbocycles. The second-order valence-electron chi connectivity index (χ2n) is 4.71. The number of benzene rings is 3. The standard InChI is InChI=1S/C17H13Cl2N/c18-12-5-3-4-11(10-12)17(20)15-8-9-16(19)14-7-2-1-6-13(14)15/h1-10,17H,20H2. The summed E-state index contributed by atoms with van der Waals surface area (Å²) >= 11 is 12.3. The van der Waals surface area contributed by atoms with Gasteiger partial charge in [-0.05, 0) is 34.7 Å². The summed E-state index contributed by atoms with van der Waals surface area (Å²) in [6, 6.07) is 19.3. The molecule has 3 heteroatoms. The smallest absolute Gasteiger partial charge is 0.0558 e. The van der Waals surface area contributed by atoms with Crippen molar-refractivity contribution in [1.82, 2.24) is 0 Å². The number of halogens is 2. The van der Waals surface area contributed by atoms with Crippen LogP contribution in [-0.4, -0.2) is 0 Å². The van der Waals surface area contributed by atoms with E-state index in [4.69, 9.17) is 28.9 Å². The molecule has 1 unspecified atom stereocenters. The molecule has 1 nitrogen and oxygen atoms in total. The van der Waals surface area contributed by atoms with Crippen LogP contribution in [0.15, 0.2) is 60.7 Å². The van der Waals surface area contributed by atoms with Gasteiger partial charge in [0.1, 0.15) is 0 Å². The quantitative estimate of drug-likeness (QED) is 0.692. The SMILES string of the molecule is NC(c1cccc(Cl)c1)c1ccc(Cl)c2ccccc12. The molecule has 0 aliphatic rings. The van der Waals surface area contributed by atoms with Gasteiger partial charge in [0.15, 0.2) is 0 Å². The van der Waals surface area contributed by atoms with Crippen molar-refractivity contribution in [2.45, 2.75) is 6.04 Å². The number of fused-ring (bicyclic) bond motifs is 1. The lowest BCUT2D eigenvalue weighted by Gasteiger charge is -2.16. The van der Waals surface area contributed by atoms with E-state index in [2.05, 4.69) is 0 Å². The van der Waals surface area contributed by atoms with Crippen LogP contribution in [0.25, 0.3) is 10.8 Å². The molecule has 0 aliphatic carbocycles. The number of hydrogen-bond acceptors (Lipinski definition) is 1. The molecule has 0 bridgehead atoms. The Morgan fingerprint density at radius 1 is 0.800 bits per heavy atom. The largest absolute Gasteiger partial charge is 0.320 e. The number of nitrogens with two attached hydrogens (primary N) is 1. The van der Waals surface area contributed by atoms with E-state index in [9.17, 15) is 0 Å². The van der Waals surface area contributed by atoms with Crippen molar-refractivity contribution in [2.75, 3.05) is 0 Å². The minimum absolute atomic E-state index is 0.226. The summed E-state index contributed by atoms with van der Waals surface area (Å²) in [5.74, 6) is 0. The lowest BCUT2D eigenvalue weighted by molar-refractivity contribution is 0.881. The molecule has 20 heavy (non-hydrogen) atoms. The van der Waals surface area contributed by atoms with Gasteiger partial charge >= 0.3 is 0 Å². The van der Waals surface area contributed by atoms with E-state index in [1.165, 1.54) is 0 Å². The summed E-state index contributed by atoms with van der Waals surface area (Å²) in [6.45, 7) is 0. The van der Waals surface area contributed by atoms with Crippen LogP contribution in [0, 0.1) is 0 Å². The molecule has 100 valence electrons. The molecule has 3 aromatic rings. The van der Waals surface area contributed by atoms with Crippen molar-refractivity contribution >= 4 is 34.0 Å². The molecule has 0 aromatic heterocycles. The van der Waals surface area contributed by atoms with Gasteiger partial charge in [0.05, 0.1) is 6.04 Å². The molecule has 0 heterocycles. The maximum Gasteiger partial charge on any atom is 0.0558 e. The Bertz CT molecular complexity index is 768. The highest BCUT2D eigenvalue weighted by Crippen LogP contribution is 2.32. The zero-order valence-electron chi connectivity index (χ0n) is 10.7. The molecule has 0 amide bonds. The van der Waals surface area contributed by atoms with Crippen molar-refractivity contribution in [3.63, 3.8) is 0 Å². The maximum atomic E-state index is 6.40. The Morgan fingerprint density at radius 2 is 1.55 bits per heavy atom. The van der Waals surface area contributed by atoms with E-state index in [-0.39, 0.29) is 6.04 Å². The van der Waals surface area contributed by atoms with Gasteiger partial charge in [0.25, 0.3) is 0 Å². The third-order valence-corrected chi connectivity index (χ3v) is 4.01. The molecule has 0 spiro atoms. The van der Waals surface area contributed by atoms with Gasteiger partial charge in [0, 0.05) is 15.4 Å². The van der Waals surface area contributed by atoms with Crippen LogP contribution < -0.4 is 5.73 Å². The second kappa shape index (κ2) is 5.45. The molecular formula is C17H13Cl2N. The predicted molar refractivity (Wildman–Crippen MR) is 86.4 cm³/mol. The predicted octanol–water partition coefficient (Wildman–Crippen LogP) is 5.19. The third-order valence-electron chi connectivity index (χ3n) is 3.45. The highest BCUT2D eigenvalue weighted by Gasteiger charge is 2.13. The fourth-order valence-corrected chi connectivity index (χ4v) is 2.86. The van der Waals surface area contributed by atoms with Crippen molar-refractivity contribution < 1.29 is 0 Å². The first kappa shape index (κ1) is 13.4. The van der Waals surface area contributed by atoms with Gasteiger partial charge in [-0.1, -0.05) is 65.7 Å². The monoisotopic (exact) mass is 301 g/mol. The van der Waals surface area contributed by atoms with E-state index in [1.807, 2.05) is 60.7 Å². The summed E-state index contributed by atoms with van der Waals surface area (Å²) in [4.78, 5) is 0. The Kier molecular flexibility index (Phi) is 3.66. The average Bonchev–Trinajstić information content (AvgIpc) is 2.47. The van der Waals surface area contributed by atoms with E-state index < -0.39 is 0 Å². The Balaban J connectivity index is 2.17. The lowest BCUT2D eigenvalue weighted by atomic mass is 9.94. The highest BCUT2D eigenvalue weighted by molar-refractivity contribution is 6.35. The van der Waals surface area contributed by atoms with Gasteiger partial charge in [0.2, 0.25) is 0 Å². The summed E-state index contributed by atoms with van der Waals surface area (Å²) in [5, 5.41) is 3.52. The Hall–Kier alpha value is -1.54. The molecule has 3 aromatic carbocycles. The fraction of sp³-hybridized carbons (Fsp3) is 0.0588. The van der Waals surface area contributed by atoms with Gasteiger partial charge in [-0.15, -0.1) is 0 Å². The first-order valence-corrected chi connectivity index (χ1v) is 7.10. The summed E-state index contributed by atoms with van der Waals surface area (Å²) in [5.41, 5.74) is 8.44. The molecule has 0 aliphatic heterocycles. The molecule has 0 saturated heterocycles. The second-order valence-corrected chi connectivity index (χ2v) is 5.56. The highest BCUT2D eigenvalue weighted by atomic mass is 35.5. The molecular weight excluding hydrogens is 289 g/mol. The van der Waals surface area contributed by atoms with Gasteiger partial charge in [-0.3, -0.25) is 0 Å². The van der Waals surface area contributed by atoms with Crippen LogP contribution in [0.5, 0.6) is 0 Å². The third kappa shape index (κ3) is 2.40. The zero-order chi connectivity index (χ0) is 14.1. The van der Waals surface area contributed by atoms with E-state index in [0.29, 0.717) is 5.02 Å². The van der Waals surface area contributed by atoms with E-state index >= 15 is 0 Å². The van der Waals surface area contributed by atoms with Crippen LogP contribution in [0.3, 0.4) is 0 Å². The summed E-state index contributed by atoms with van der Waals surface area (Å²) < 4.78 is 0. The first-order chi connectivity index (χ1) is 9.66. The molecule has 0 radical (unpaired) electrons. The normalized spacial score (nSPS) is 12.6. The van der Waals surface area contributed by atoms with Crippen molar-refractivity contribution in [3.8, 4) is 0 Å².